The summed E-state index contributed by atoms with van der Waals surface area (Å²) in [4.78, 5) is 15.7. The van der Waals surface area contributed by atoms with E-state index >= 15 is 0 Å². The van der Waals surface area contributed by atoms with Gasteiger partial charge < -0.3 is 14.6 Å². The van der Waals surface area contributed by atoms with Gasteiger partial charge in [-0.1, -0.05) is 35.5 Å². The van der Waals surface area contributed by atoms with Crippen molar-refractivity contribution >= 4 is 5.97 Å². The van der Waals surface area contributed by atoms with Crippen LogP contribution in [0.25, 0.3) is 0 Å². The molecule has 1 aromatic carbocycles. The summed E-state index contributed by atoms with van der Waals surface area (Å²) < 4.78 is 9.46. The zero-order valence-corrected chi connectivity index (χ0v) is 10.6. The van der Waals surface area contributed by atoms with E-state index in [0.29, 0.717) is 18.9 Å². The Morgan fingerprint density at radius 1 is 1.42 bits per heavy atom. The van der Waals surface area contributed by atoms with Crippen molar-refractivity contribution in [2.75, 3.05) is 13.7 Å². The van der Waals surface area contributed by atoms with Crippen LogP contribution in [0.15, 0.2) is 41.2 Å². The Balaban J connectivity index is 1.97. The van der Waals surface area contributed by atoms with E-state index in [2.05, 4.69) is 20.0 Å². The quantitative estimate of drug-likeness (QED) is 0.785. The third-order valence-electron chi connectivity index (χ3n) is 2.73. The van der Waals surface area contributed by atoms with Gasteiger partial charge in [-0.25, -0.2) is 0 Å². The van der Waals surface area contributed by atoms with Gasteiger partial charge in [0.15, 0.2) is 5.82 Å². The lowest BCUT2D eigenvalue weighted by Gasteiger charge is -2.15. The van der Waals surface area contributed by atoms with Crippen molar-refractivity contribution in [3.8, 4) is 0 Å². The first kappa shape index (κ1) is 13.2. The summed E-state index contributed by atoms with van der Waals surface area (Å²) in [5.74, 6) is -0.0680. The predicted molar refractivity (Wildman–Crippen MR) is 67.2 cm³/mol. The third-order valence-corrected chi connectivity index (χ3v) is 2.73. The molecule has 0 saturated carbocycles. The molecule has 0 amide bonds. The van der Waals surface area contributed by atoms with Crippen LogP contribution in [0, 0.1) is 0 Å². The van der Waals surface area contributed by atoms with Gasteiger partial charge >= 0.3 is 5.97 Å². The largest absolute Gasteiger partial charge is 0.469 e. The van der Waals surface area contributed by atoms with Crippen molar-refractivity contribution in [1.82, 2.24) is 15.5 Å². The lowest BCUT2D eigenvalue weighted by atomic mass is 9.99. The average molecular weight is 261 g/mol. The van der Waals surface area contributed by atoms with Gasteiger partial charge in [0.1, 0.15) is 0 Å². The zero-order chi connectivity index (χ0) is 13.5. The minimum Gasteiger partial charge on any atom is -0.469 e. The molecule has 0 saturated heterocycles. The monoisotopic (exact) mass is 261 g/mol. The molecular weight excluding hydrogens is 246 g/mol. The number of carbonyl (C=O) groups is 1. The predicted octanol–water partition coefficient (Wildman–Crippen LogP) is 1.12. The van der Waals surface area contributed by atoms with E-state index in [1.54, 1.807) is 0 Å². The van der Waals surface area contributed by atoms with Crippen molar-refractivity contribution in [2.45, 2.75) is 12.5 Å². The van der Waals surface area contributed by atoms with E-state index in [9.17, 15) is 4.79 Å². The Kier molecular flexibility index (Phi) is 4.63. The normalized spacial score (nSPS) is 12.1. The number of methoxy groups -OCH3 is 1. The van der Waals surface area contributed by atoms with E-state index in [-0.39, 0.29) is 11.9 Å². The molecule has 0 radical (unpaired) electrons. The van der Waals surface area contributed by atoms with Crippen molar-refractivity contribution in [3.63, 3.8) is 0 Å². The fourth-order valence-electron chi connectivity index (χ4n) is 1.76. The Labute approximate surface area is 110 Å². The van der Waals surface area contributed by atoms with E-state index < -0.39 is 0 Å². The number of hydrogen-bond acceptors (Lipinski definition) is 6. The lowest BCUT2D eigenvalue weighted by molar-refractivity contribution is -0.142. The van der Waals surface area contributed by atoms with Gasteiger partial charge in [0.25, 0.3) is 0 Å². The molecule has 19 heavy (non-hydrogen) atoms. The van der Waals surface area contributed by atoms with Crippen molar-refractivity contribution < 1.29 is 14.1 Å². The van der Waals surface area contributed by atoms with Gasteiger partial charge in [0, 0.05) is 6.54 Å². The number of nitrogens with zero attached hydrogens (tertiary/aromatic N) is 2. The number of rotatable bonds is 6. The SMILES string of the molecule is COC(=O)C(CNCc1ncon1)c1ccccc1. The Bertz CT molecular complexity index is 499. The minimum absolute atomic E-state index is 0.271. The molecule has 0 fully saturated rings. The van der Waals surface area contributed by atoms with Crippen LogP contribution in [-0.2, 0) is 16.1 Å². The van der Waals surface area contributed by atoms with Crippen molar-refractivity contribution in [2.24, 2.45) is 0 Å². The number of hydrogen-bond donors (Lipinski definition) is 1. The fraction of sp³-hybridized carbons (Fsp3) is 0.308. The smallest absolute Gasteiger partial charge is 0.314 e. The number of benzene rings is 1. The first-order valence-corrected chi connectivity index (χ1v) is 5.90. The average Bonchev–Trinajstić information content (AvgIpc) is 2.97. The molecule has 1 aromatic heterocycles. The van der Waals surface area contributed by atoms with Crippen LogP contribution < -0.4 is 5.32 Å². The second kappa shape index (κ2) is 6.65. The summed E-state index contributed by atoms with van der Waals surface area (Å²) in [5, 5.41) is 6.80. The third kappa shape index (κ3) is 3.62. The number of carbonyl (C=O) groups excluding carboxylic acids is 1. The van der Waals surface area contributed by atoms with Gasteiger partial charge in [-0.3, -0.25) is 4.79 Å². The Morgan fingerprint density at radius 3 is 2.84 bits per heavy atom. The highest BCUT2D eigenvalue weighted by Gasteiger charge is 2.20. The Hall–Kier alpha value is -2.21. The summed E-state index contributed by atoms with van der Waals surface area (Å²) in [6.07, 6.45) is 1.27. The van der Waals surface area contributed by atoms with Crippen LogP contribution in [-0.4, -0.2) is 29.8 Å². The molecule has 0 aliphatic rings. The highest BCUT2D eigenvalue weighted by atomic mass is 16.5. The van der Waals surface area contributed by atoms with Crippen molar-refractivity contribution in [1.29, 1.82) is 0 Å². The Morgan fingerprint density at radius 2 is 2.21 bits per heavy atom. The molecule has 1 N–H and O–H groups in total. The van der Waals surface area contributed by atoms with Crippen LogP contribution >= 0.6 is 0 Å². The van der Waals surface area contributed by atoms with Crippen molar-refractivity contribution in [3.05, 3.63) is 48.1 Å². The fourth-order valence-corrected chi connectivity index (χ4v) is 1.76. The minimum atomic E-state index is -0.349. The van der Waals surface area contributed by atoms with Gasteiger partial charge in [-0.05, 0) is 5.56 Å². The van der Waals surface area contributed by atoms with E-state index in [0.717, 1.165) is 5.56 Å². The molecule has 1 heterocycles. The maximum Gasteiger partial charge on any atom is 0.314 e. The highest BCUT2D eigenvalue weighted by Crippen LogP contribution is 2.16. The molecule has 1 unspecified atom stereocenters. The molecule has 1 atom stereocenters. The van der Waals surface area contributed by atoms with Gasteiger partial charge in [0.2, 0.25) is 6.39 Å². The molecule has 0 bridgehead atoms. The second-order valence-electron chi connectivity index (χ2n) is 3.96. The number of aromatic nitrogens is 2. The molecule has 100 valence electrons. The molecule has 0 spiro atoms. The van der Waals surface area contributed by atoms with Gasteiger partial charge in [-0.15, -0.1) is 0 Å². The molecular formula is C13H15N3O3. The van der Waals surface area contributed by atoms with Gasteiger partial charge in [0.05, 0.1) is 19.6 Å². The molecule has 2 aromatic rings. The summed E-state index contributed by atoms with van der Waals surface area (Å²) >= 11 is 0. The summed E-state index contributed by atoms with van der Waals surface area (Å²) in [6, 6.07) is 9.49. The first-order valence-electron chi connectivity index (χ1n) is 5.90. The number of ether oxygens (including phenoxy) is 1. The second-order valence-corrected chi connectivity index (χ2v) is 3.96. The standard InChI is InChI=1S/C13H15N3O3/c1-18-13(17)11(10-5-3-2-4-6-10)7-14-8-12-15-9-19-16-12/h2-6,9,11,14H,7-8H2,1H3. The van der Waals surface area contributed by atoms with Crippen LogP contribution in [0.2, 0.25) is 0 Å². The van der Waals surface area contributed by atoms with E-state index in [4.69, 9.17) is 4.74 Å². The lowest BCUT2D eigenvalue weighted by Crippen LogP contribution is -2.27. The zero-order valence-electron chi connectivity index (χ0n) is 10.6. The summed E-state index contributed by atoms with van der Waals surface area (Å²) in [5.41, 5.74) is 0.912. The first-order chi connectivity index (χ1) is 9.31. The molecule has 2 rings (SSSR count). The summed E-state index contributed by atoms with van der Waals surface area (Å²) in [7, 11) is 1.39. The molecule has 6 heteroatoms. The van der Waals surface area contributed by atoms with Crippen LogP contribution in [0.1, 0.15) is 17.3 Å². The van der Waals surface area contributed by atoms with Crippen LogP contribution in [0.3, 0.4) is 0 Å². The van der Waals surface area contributed by atoms with Crippen LogP contribution in [0.5, 0.6) is 0 Å². The van der Waals surface area contributed by atoms with E-state index in [1.165, 1.54) is 13.5 Å². The maximum atomic E-state index is 11.8. The van der Waals surface area contributed by atoms with E-state index in [1.807, 2.05) is 30.3 Å². The number of nitrogens with one attached hydrogen (secondary N) is 1. The van der Waals surface area contributed by atoms with Gasteiger partial charge in [-0.2, -0.15) is 4.98 Å². The summed E-state index contributed by atoms with van der Waals surface area (Å²) in [6.45, 7) is 0.891. The molecule has 0 aliphatic carbocycles. The highest BCUT2D eigenvalue weighted by molar-refractivity contribution is 5.78. The molecule has 0 aliphatic heterocycles. The number of esters is 1. The topological polar surface area (TPSA) is 77.2 Å². The maximum absolute atomic E-state index is 11.8. The molecule has 6 nitrogen and oxygen atoms in total. The van der Waals surface area contributed by atoms with Crippen LogP contribution in [0.4, 0.5) is 0 Å².